The molecule has 1 aromatic carbocycles. The number of rotatable bonds is 5. The van der Waals surface area contributed by atoms with Gasteiger partial charge in [0.05, 0.1) is 0 Å². The van der Waals surface area contributed by atoms with Gasteiger partial charge in [0.1, 0.15) is 5.69 Å². The molecule has 0 saturated carbocycles. The van der Waals surface area contributed by atoms with E-state index in [-0.39, 0.29) is 11.8 Å². The normalized spacial score (nSPS) is 12.8. The molecule has 0 spiro atoms. The second-order valence-electron chi connectivity index (χ2n) is 5.71. The Balaban J connectivity index is 1.78. The van der Waals surface area contributed by atoms with Gasteiger partial charge in [0.25, 0.3) is 5.91 Å². The number of benzene rings is 1. The molecule has 0 unspecified atom stereocenters. The lowest BCUT2D eigenvalue weighted by Crippen LogP contribution is -2.29. The van der Waals surface area contributed by atoms with Crippen LogP contribution in [0.15, 0.2) is 42.6 Å². The zero-order valence-electron chi connectivity index (χ0n) is 13.4. The minimum absolute atomic E-state index is 0.0685. The number of fused-ring (bicyclic) bond motifs is 1. The second kappa shape index (κ2) is 7.23. The predicted octanol–water partition coefficient (Wildman–Crippen LogP) is 1.96. The number of nitrogens with two attached hydrogens (primary N) is 1. The smallest absolute Gasteiger partial charge is 0.276 e. The van der Waals surface area contributed by atoms with Crippen molar-refractivity contribution in [1.82, 2.24) is 4.98 Å². The third-order valence-electron chi connectivity index (χ3n) is 4.00. The van der Waals surface area contributed by atoms with Crippen LogP contribution in [0.4, 0.5) is 11.4 Å². The van der Waals surface area contributed by atoms with E-state index < -0.39 is 0 Å². The predicted molar refractivity (Wildman–Crippen MR) is 93.0 cm³/mol. The average Bonchev–Trinajstić information content (AvgIpc) is 3.03. The molecule has 0 aliphatic carbocycles. The third kappa shape index (κ3) is 3.44. The van der Waals surface area contributed by atoms with Gasteiger partial charge in [-0.1, -0.05) is 12.1 Å². The lowest BCUT2D eigenvalue weighted by atomic mass is 10.1. The van der Waals surface area contributed by atoms with Gasteiger partial charge in [0, 0.05) is 30.5 Å². The first kappa shape index (κ1) is 16.1. The van der Waals surface area contributed by atoms with Gasteiger partial charge >= 0.3 is 0 Å². The maximum atomic E-state index is 12.6. The summed E-state index contributed by atoms with van der Waals surface area (Å²) >= 11 is 0. The van der Waals surface area contributed by atoms with Crippen LogP contribution in [0.25, 0.3) is 0 Å². The van der Waals surface area contributed by atoms with E-state index in [2.05, 4.69) is 10.3 Å². The van der Waals surface area contributed by atoms with Gasteiger partial charge in [0.2, 0.25) is 5.91 Å². The summed E-state index contributed by atoms with van der Waals surface area (Å²) in [4.78, 5) is 30.3. The van der Waals surface area contributed by atoms with Crippen molar-refractivity contribution in [3.8, 4) is 0 Å². The lowest BCUT2D eigenvalue weighted by molar-refractivity contribution is -0.116. The molecule has 2 amide bonds. The first-order valence-corrected chi connectivity index (χ1v) is 8.05. The molecule has 24 heavy (non-hydrogen) atoms. The molecule has 1 aliphatic heterocycles. The van der Waals surface area contributed by atoms with E-state index in [1.54, 1.807) is 29.3 Å². The van der Waals surface area contributed by atoms with Gasteiger partial charge in [-0.25, -0.2) is 0 Å². The van der Waals surface area contributed by atoms with Crippen molar-refractivity contribution < 1.29 is 9.59 Å². The quantitative estimate of drug-likeness (QED) is 0.880. The molecule has 1 aromatic heterocycles. The van der Waals surface area contributed by atoms with Crippen LogP contribution in [0.3, 0.4) is 0 Å². The van der Waals surface area contributed by atoms with Crippen LogP contribution < -0.4 is 16.0 Å². The van der Waals surface area contributed by atoms with Crippen molar-refractivity contribution in [2.75, 3.05) is 23.3 Å². The van der Waals surface area contributed by atoms with Gasteiger partial charge in [0.15, 0.2) is 0 Å². The van der Waals surface area contributed by atoms with Crippen molar-refractivity contribution in [2.45, 2.75) is 19.3 Å². The fourth-order valence-corrected chi connectivity index (χ4v) is 2.78. The minimum atomic E-state index is -0.124. The maximum Gasteiger partial charge on any atom is 0.276 e. The van der Waals surface area contributed by atoms with E-state index in [4.69, 9.17) is 5.73 Å². The number of hydrogen-bond donors (Lipinski definition) is 2. The van der Waals surface area contributed by atoms with E-state index >= 15 is 0 Å². The number of carbonyl (C=O) groups is 2. The number of amides is 2. The summed E-state index contributed by atoms with van der Waals surface area (Å²) < 4.78 is 0. The Hall–Kier alpha value is -2.73. The maximum absolute atomic E-state index is 12.6. The zero-order chi connectivity index (χ0) is 16.9. The summed E-state index contributed by atoms with van der Waals surface area (Å²) in [7, 11) is 0. The van der Waals surface area contributed by atoms with E-state index in [0.717, 1.165) is 17.7 Å². The van der Waals surface area contributed by atoms with E-state index in [1.807, 2.05) is 18.2 Å². The van der Waals surface area contributed by atoms with Crippen molar-refractivity contribution in [2.24, 2.45) is 5.73 Å². The molecule has 124 valence electrons. The number of nitrogens with zero attached hydrogens (tertiary/aromatic N) is 2. The number of hydrogen-bond acceptors (Lipinski definition) is 4. The number of pyridine rings is 1. The Bertz CT molecular complexity index is 746. The number of anilines is 2. The molecule has 0 fully saturated rings. The second-order valence-corrected chi connectivity index (χ2v) is 5.71. The standard InChI is InChI=1S/C18H20N4O2/c19-9-3-5-17(23)21-14-7-6-13-8-11-22(16(13)12-14)18(24)15-4-1-2-10-20-15/h1-2,4,6-7,10,12H,3,5,8-9,11,19H2,(H,21,23). The molecule has 2 heterocycles. The molecular formula is C18H20N4O2. The molecule has 6 heteroatoms. The van der Waals surface area contributed by atoms with Gasteiger partial charge in [-0.3, -0.25) is 14.6 Å². The van der Waals surface area contributed by atoms with Crippen molar-refractivity contribution >= 4 is 23.2 Å². The highest BCUT2D eigenvalue weighted by molar-refractivity contribution is 6.06. The lowest BCUT2D eigenvalue weighted by Gasteiger charge is -2.17. The van der Waals surface area contributed by atoms with Gasteiger partial charge in [-0.2, -0.15) is 0 Å². The van der Waals surface area contributed by atoms with Gasteiger partial charge in [-0.05, 0) is 49.2 Å². The molecule has 1 aliphatic rings. The number of nitrogens with one attached hydrogen (secondary N) is 1. The molecule has 0 radical (unpaired) electrons. The topological polar surface area (TPSA) is 88.3 Å². The molecule has 0 bridgehead atoms. The molecule has 6 nitrogen and oxygen atoms in total. The molecule has 3 rings (SSSR count). The Morgan fingerprint density at radius 1 is 1.25 bits per heavy atom. The number of aromatic nitrogens is 1. The van der Waals surface area contributed by atoms with Crippen LogP contribution in [0.2, 0.25) is 0 Å². The number of carbonyl (C=O) groups excluding carboxylic acids is 2. The van der Waals surface area contributed by atoms with Crippen LogP contribution in [-0.2, 0) is 11.2 Å². The summed E-state index contributed by atoms with van der Waals surface area (Å²) in [6.07, 6.45) is 3.46. The molecule has 0 saturated heterocycles. The highest BCUT2D eigenvalue weighted by atomic mass is 16.2. The summed E-state index contributed by atoms with van der Waals surface area (Å²) in [5, 5.41) is 2.86. The third-order valence-corrected chi connectivity index (χ3v) is 4.00. The monoisotopic (exact) mass is 324 g/mol. The van der Waals surface area contributed by atoms with E-state index in [0.29, 0.717) is 37.3 Å². The fraction of sp³-hybridized carbons (Fsp3) is 0.278. The fourth-order valence-electron chi connectivity index (χ4n) is 2.78. The van der Waals surface area contributed by atoms with Gasteiger partial charge in [-0.15, -0.1) is 0 Å². The first-order chi connectivity index (χ1) is 11.7. The summed E-state index contributed by atoms with van der Waals surface area (Å²) in [5.41, 5.74) is 8.46. The van der Waals surface area contributed by atoms with Crippen LogP contribution in [-0.4, -0.2) is 29.9 Å². The SMILES string of the molecule is NCCCC(=O)Nc1ccc2c(c1)N(C(=O)c1ccccn1)CC2. The van der Waals surface area contributed by atoms with E-state index in [1.165, 1.54) is 0 Å². The van der Waals surface area contributed by atoms with E-state index in [9.17, 15) is 9.59 Å². The highest BCUT2D eigenvalue weighted by Crippen LogP contribution is 2.31. The largest absolute Gasteiger partial charge is 0.330 e. The van der Waals surface area contributed by atoms with Crippen LogP contribution in [0, 0.1) is 0 Å². The Labute approximate surface area is 140 Å². The molecule has 3 N–H and O–H groups in total. The van der Waals surface area contributed by atoms with Crippen LogP contribution in [0.1, 0.15) is 28.9 Å². The molecular weight excluding hydrogens is 304 g/mol. The molecule has 0 atom stereocenters. The molecule has 2 aromatic rings. The van der Waals surface area contributed by atoms with Crippen molar-refractivity contribution in [3.63, 3.8) is 0 Å². The van der Waals surface area contributed by atoms with Crippen LogP contribution >= 0.6 is 0 Å². The van der Waals surface area contributed by atoms with Gasteiger partial charge < -0.3 is 16.0 Å². The highest BCUT2D eigenvalue weighted by Gasteiger charge is 2.26. The Kier molecular flexibility index (Phi) is 4.86. The van der Waals surface area contributed by atoms with Crippen molar-refractivity contribution in [3.05, 3.63) is 53.9 Å². The summed E-state index contributed by atoms with van der Waals surface area (Å²) in [5.74, 6) is -0.193. The summed E-state index contributed by atoms with van der Waals surface area (Å²) in [6, 6.07) is 11.0. The first-order valence-electron chi connectivity index (χ1n) is 8.05. The zero-order valence-corrected chi connectivity index (χ0v) is 13.4. The van der Waals surface area contributed by atoms with Crippen LogP contribution in [0.5, 0.6) is 0 Å². The summed E-state index contributed by atoms with van der Waals surface area (Å²) in [6.45, 7) is 1.11. The Morgan fingerprint density at radius 3 is 2.88 bits per heavy atom. The van der Waals surface area contributed by atoms with Crippen molar-refractivity contribution in [1.29, 1.82) is 0 Å². The Morgan fingerprint density at radius 2 is 2.12 bits per heavy atom. The average molecular weight is 324 g/mol. The minimum Gasteiger partial charge on any atom is -0.330 e.